The van der Waals surface area contributed by atoms with Crippen LogP contribution in [0.5, 0.6) is 0 Å². The van der Waals surface area contributed by atoms with Gasteiger partial charge in [-0.2, -0.15) is 0 Å². The Balaban J connectivity index is 1.50. The summed E-state index contributed by atoms with van der Waals surface area (Å²) in [7, 11) is 0. The standard InChI is InChI=1S/C25H28N2O6/c1-24(2,3)33-23(31)27-14-8-13-25(27,21(28)29)26-22(30)32-15-20-18-11-6-4-9-16(18)17-10-5-7-12-19(17)20/h4-7,9-12,20H,8,13-15H2,1-3H3,(H,26,30)(H,28,29). The van der Waals surface area contributed by atoms with Gasteiger partial charge in [-0.3, -0.25) is 10.2 Å². The largest absolute Gasteiger partial charge is 0.478 e. The van der Waals surface area contributed by atoms with E-state index < -0.39 is 29.4 Å². The average Bonchev–Trinajstić information content (AvgIpc) is 3.31. The molecule has 0 saturated carbocycles. The van der Waals surface area contributed by atoms with E-state index in [1.165, 1.54) is 0 Å². The lowest BCUT2D eigenvalue weighted by Crippen LogP contribution is -2.64. The van der Waals surface area contributed by atoms with Crippen molar-refractivity contribution in [2.24, 2.45) is 0 Å². The Morgan fingerprint density at radius 1 is 1.06 bits per heavy atom. The summed E-state index contributed by atoms with van der Waals surface area (Å²) >= 11 is 0. The fraction of sp³-hybridized carbons (Fsp3) is 0.400. The van der Waals surface area contributed by atoms with Crippen molar-refractivity contribution in [1.82, 2.24) is 10.2 Å². The lowest BCUT2D eigenvalue weighted by Gasteiger charge is -2.35. The molecule has 2 aromatic rings. The number of carbonyl (C=O) groups is 3. The van der Waals surface area contributed by atoms with Crippen molar-refractivity contribution >= 4 is 18.2 Å². The van der Waals surface area contributed by atoms with E-state index in [2.05, 4.69) is 5.32 Å². The Kier molecular flexibility index (Phi) is 5.78. The second kappa shape index (κ2) is 8.42. The predicted molar refractivity (Wildman–Crippen MR) is 121 cm³/mol. The molecule has 2 amide bonds. The molecule has 0 radical (unpaired) electrons. The Morgan fingerprint density at radius 2 is 1.64 bits per heavy atom. The second-order valence-electron chi connectivity index (χ2n) is 9.35. The van der Waals surface area contributed by atoms with E-state index in [0.717, 1.165) is 27.2 Å². The van der Waals surface area contributed by atoms with Crippen LogP contribution in [0, 0.1) is 0 Å². The van der Waals surface area contributed by atoms with E-state index >= 15 is 0 Å². The Hall–Kier alpha value is -3.55. The number of amides is 2. The van der Waals surface area contributed by atoms with Crippen molar-refractivity contribution in [1.29, 1.82) is 0 Å². The first kappa shape index (κ1) is 22.6. The summed E-state index contributed by atoms with van der Waals surface area (Å²) in [5.74, 6) is -1.49. The molecule has 4 rings (SSSR count). The van der Waals surface area contributed by atoms with Gasteiger partial charge in [0.2, 0.25) is 5.66 Å². The van der Waals surface area contributed by atoms with Crippen molar-refractivity contribution in [2.75, 3.05) is 13.2 Å². The fourth-order valence-corrected chi connectivity index (χ4v) is 4.59. The Bertz CT molecular complexity index is 1050. The first-order valence-corrected chi connectivity index (χ1v) is 11.0. The zero-order valence-corrected chi connectivity index (χ0v) is 19.0. The number of aliphatic carboxylic acids is 1. The third-order valence-corrected chi connectivity index (χ3v) is 6.00. The molecule has 33 heavy (non-hydrogen) atoms. The molecule has 1 unspecified atom stereocenters. The number of nitrogens with zero attached hydrogens (tertiary/aromatic N) is 1. The van der Waals surface area contributed by atoms with Crippen molar-refractivity contribution in [2.45, 2.75) is 50.8 Å². The monoisotopic (exact) mass is 452 g/mol. The van der Waals surface area contributed by atoms with Crippen LogP contribution in [0.1, 0.15) is 50.7 Å². The van der Waals surface area contributed by atoms with Gasteiger partial charge < -0.3 is 14.6 Å². The first-order valence-electron chi connectivity index (χ1n) is 11.0. The van der Waals surface area contributed by atoms with Gasteiger partial charge in [0, 0.05) is 18.9 Å². The molecule has 1 atom stereocenters. The summed E-state index contributed by atoms with van der Waals surface area (Å²) in [6.07, 6.45) is -1.21. The molecule has 174 valence electrons. The molecule has 2 aliphatic rings. The Labute approximate surface area is 192 Å². The number of carboxylic acid groups (broad SMARTS) is 1. The topological polar surface area (TPSA) is 105 Å². The van der Waals surface area contributed by atoms with Crippen molar-refractivity contribution in [3.63, 3.8) is 0 Å². The minimum absolute atomic E-state index is 0.0436. The second-order valence-corrected chi connectivity index (χ2v) is 9.35. The lowest BCUT2D eigenvalue weighted by atomic mass is 9.98. The van der Waals surface area contributed by atoms with E-state index in [9.17, 15) is 19.5 Å². The summed E-state index contributed by atoms with van der Waals surface area (Å²) in [6.45, 7) is 5.29. The van der Waals surface area contributed by atoms with Crippen LogP contribution < -0.4 is 5.32 Å². The molecule has 8 heteroatoms. The van der Waals surface area contributed by atoms with Crippen molar-refractivity contribution in [3.8, 4) is 11.1 Å². The molecule has 1 saturated heterocycles. The fourth-order valence-electron chi connectivity index (χ4n) is 4.59. The van der Waals surface area contributed by atoms with Crippen LogP contribution in [0.3, 0.4) is 0 Å². The number of carbonyl (C=O) groups excluding carboxylic acids is 2. The third kappa shape index (κ3) is 4.25. The summed E-state index contributed by atoms with van der Waals surface area (Å²) in [5, 5.41) is 12.4. The maximum atomic E-state index is 12.8. The molecule has 0 spiro atoms. The maximum Gasteiger partial charge on any atom is 0.412 e. The van der Waals surface area contributed by atoms with Crippen molar-refractivity contribution in [3.05, 3.63) is 59.7 Å². The smallest absolute Gasteiger partial charge is 0.412 e. The predicted octanol–water partition coefficient (Wildman–Crippen LogP) is 4.34. The molecule has 2 aromatic carbocycles. The zero-order valence-electron chi connectivity index (χ0n) is 19.0. The highest BCUT2D eigenvalue weighted by Crippen LogP contribution is 2.44. The van der Waals surface area contributed by atoms with Crippen LogP contribution in [0.2, 0.25) is 0 Å². The minimum atomic E-state index is -1.91. The number of ether oxygens (including phenoxy) is 2. The number of hydrogen-bond acceptors (Lipinski definition) is 5. The van der Waals surface area contributed by atoms with E-state index in [-0.39, 0.29) is 25.5 Å². The van der Waals surface area contributed by atoms with Gasteiger partial charge >= 0.3 is 18.2 Å². The summed E-state index contributed by atoms with van der Waals surface area (Å²) < 4.78 is 10.9. The molecule has 1 fully saturated rings. The van der Waals surface area contributed by atoms with Gasteiger partial charge in [-0.05, 0) is 49.4 Å². The number of carboxylic acids is 1. The highest BCUT2D eigenvalue weighted by Gasteiger charge is 2.53. The SMILES string of the molecule is CC(C)(C)OC(=O)N1CCCC1(NC(=O)OCC1c2ccccc2-c2ccccc21)C(=O)O. The van der Waals surface area contributed by atoms with E-state index in [1.54, 1.807) is 20.8 Å². The maximum absolute atomic E-state index is 12.8. The lowest BCUT2D eigenvalue weighted by molar-refractivity contribution is -0.151. The zero-order chi connectivity index (χ0) is 23.8. The van der Waals surface area contributed by atoms with Gasteiger partial charge in [0.05, 0.1) is 0 Å². The van der Waals surface area contributed by atoms with Gasteiger partial charge in [0.1, 0.15) is 12.2 Å². The van der Waals surface area contributed by atoms with Gasteiger partial charge in [0.15, 0.2) is 0 Å². The minimum Gasteiger partial charge on any atom is -0.478 e. The molecular weight excluding hydrogens is 424 g/mol. The Morgan fingerprint density at radius 3 is 2.18 bits per heavy atom. The van der Waals surface area contributed by atoms with Gasteiger partial charge in [0.25, 0.3) is 0 Å². The van der Waals surface area contributed by atoms with Crippen LogP contribution >= 0.6 is 0 Å². The molecule has 1 heterocycles. The summed E-state index contributed by atoms with van der Waals surface area (Å²) in [5.41, 5.74) is 1.58. The quantitative estimate of drug-likeness (QED) is 0.715. The van der Waals surface area contributed by atoms with E-state index in [4.69, 9.17) is 9.47 Å². The molecular formula is C25H28N2O6. The molecule has 2 N–H and O–H groups in total. The number of nitrogens with one attached hydrogen (secondary N) is 1. The number of likely N-dealkylation sites (tertiary alicyclic amines) is 1. The van der Waals surface area contributed by atoms with Gasteiger partial charge in [-0.1, -0.05) is 48.5 Å². The van der Waals surface area contributed by atoms with Crippen LogP contribution in [-0.4, -0.2) is 52.6 Å². The van der Waals surface area contributed by atoms with Crippen LogP contribution in [-0.2, 0) is 14.3 Å². The van der Waals surface area contributed by atoms with E-state index in [1.807, 2.05) is 48.5 Å². The third-order valence-electron chi connectivity index (χ3n) is 6.00. The van der Waals surface area contributed by atoms with Gasteiger partial charge in [-0.15, -0.1) is 0 Å². The van der Waals surface area contributed by atoms with Crippen LogP contribution in [0.25, 0.3) is 11.1 Å². The molecule has 0 bridgehead atoms. The molecule has 1 aliphatic carbocycles. The van der Waals surface area contributed by atoms with Crippen LogP contribution in [0.4, 0.5) is 9.59 Å². The molecule has 0 aromatic heterocycles. The normalized spacial score (nSPS) is 19.5. The van der Waals surface area contributed by atoms with Gasteiger partial charge in [-0.25, -0.2) is 14.4 Å². The number of benzene rings is 2. The highest BCUT2D eigenvalue weighted by molar-refractivity contribution is 5.88. The van der Waals surface area contributed by atoms with E-state index in [0.29, 0.717) is 6.42 Å². The number of alkyl carbamates (subject to hydrolysis) is 1. The number of fused-ring (bicyclic) bond motifs is 3. The molecule has 1 aliphatic heterocycles. The number of hydrogen-bond donors (Lipinski definition) is 2. The summed E-state index contributed by atoms with van der Waals surface area (Å²) in [4.78, 5) is 38.7. The first-order chi connectivity index (χ1) is 15.6. The van der Waals surface area contributed by atoms with Crippen molar-refractivity contribution < 1.29 is 29.0 Å². The summed E-state index contributed by atoms with van der Waals surface area (Å²) in [6, 6.07) is 15.9. The highest BCUT2D eigenvalue weighted by atomic mass is 16.6. The van der Waals surface area contributed by atoms with Crippen LogP contribution in [0.15, 0.2) is 48.5 Å². The molecule has 8 nitrogen and oxygen atoms in total. The average molecular weight is 453 g/mol. The number of rotatable bonds is 4.